The minimum atomic E-state index is 0.00232. The molecule has 2 aromatic rings. The molecule has 0 aromatic heterocycles. The van der Waals surface area contributed by atoms with Crippen LogP contribution in [0.1, 0.15) is 27.8 Å². The average Bonchev–Trinajstić information content (AvgIpc) is 2.38. The SMILES string of the molecule is Cc1cc(C)c(CC(N)Cc2c(Cl)cccc2Cl)c(C)c1. The zero-order valence-corrected chi connectivity index (χ0v) is 14.2. The Morgan fingerprint density at radius 2 is 1.38 bits per heavy atom. The minimum Gasteiger partial charge on any atom is -0.327 e. The number of aryl methyl sites for hydroxylation is 3. The molecule has 0 bridgehead atoms. The molecule has 0 aliphatic carbocycles. The number of hydrogen-bond donors (Lipinski definition) is 1. The van der Waals surface area contributed by atoms with Gasteiger partial charge in [0.05, 0.1) is 0 Å². The van der Waals surface area contributed by atoms with Crippen molar-refractivity contribution in [2.45, 2.75) is 39.7 Å². The quantitative estimate of drug-likeness (QED) is 0.839. The maximum absolute atomic E-state index is 6.33. The molecule has 0 amide bonds. The van der Waals surface area contributed by atoms with E-state index in [1.807, 2.05) is 18.2 Å². The smallest absolute Gasteiger partial charge is 0.0453 e. The van der Waals surface area contributed by atoms with Crippen LogP contribution in [0.4, 0.5) is 0 Å². The Hall–Kier alpha value is -1.02. The zero-order chi connectivity index (χ0) is 15.6. The lowest BCUT2D eigenvalue weighted by molar-refractivity contribution is 0.660. The zero-order valence-electron chi connectivity index (χ0n) is 12.7. The molecule has 2 aromatic carbocycles. The third-order valence-corrected chi connectivity index (χ3v) is 4.54. The first-order valence-corrected chi connectivity index (χ1v) is 7.89. The van der Waals surface area contributed by atoms with Crippen molar-refractivity contribution in [1.29, 1.82) is 0 Å². The lowest BCUT2D eigenvalue weighted by Gasteiger charge is -2.18. The molecule has 1 atom stereocenters. The molecule has 3 heteroatoms. The van der Waals surface area contributed by atoms with Crippen LogP contribution in [0.3, 0.4) is 0 Å². The van der Waals surface area contributed by atoms with Gasteiger partial charge in [-0.3, -0.25) is 0 Å². The van der Waals surface area contributed by atoms with E-state index in [-0.39, 0.29) is 6.04 Å². The van der Waals surface area contributed by atoms with E-state index in [2.05, 4.69) is 32.9 Å². The summed E-state index contributed by atoms with van der Waals surface area (Å²) in [5.41, 5.74) is 12.5. The van der Waals surface area contributed by atoms with Gasteiger partial charge in [-0.2, -0.15) is 0 Å². The summed E-state index contributed by atoms with van der Waals surface area (Å²) in [6.45, 7) is 6.41. The lowest BCUT2D eigenvalue weighted by Crippen LogP contribution is -2.26. The predicted molar refractivity (Wildman–Crippen MR) is 92.5 cm³/mol. The van der Waals surface area contributed by atoms with Gasteiger partial charge >= 0.3 is 0 Å². The van der Waals surface area contributed by atoms with Gasteiger partial charge < -0.3 is 5.73 Å². The molecule has 1 unspecified atom stereocenters. The fourth-order valence-corrected chi connectivity index (χ4v) is 3.41. The van der Waals surface area contributed by atoms with Crippen LogP contribution >= 0.6 is 23.2 Å². The van der Waals surface area contributed by atoms with Gasteiger partial charge in [-0.05, 0) is 68.0 Å². The van der Waals surface area contributed by atoms with E-state index in [1.54, 1.807) is 0 Å². The lowest BCUT2D eigenvalue weighted by atomic mass is 9.92. The summed E-state index contributed by atoms with van der Waals surface area (Å²) in [5, 5.41) is 1.38. The molecule has 0 heterocycles. The molecule has 0 saturated carbocycles. The van der Waals surface area contributed by atoms with Gasteiger partial charge in [-0.1, -0.05) is 47.0 Å². The first-order chi connectivity index (χ1) is 9.88. The van der Waals surface area contributed by atoms with E-state index >= 15 is 0 Å². The molecule has 2 rings (SSSR count). The molecule has 1 nitrogen and oxygen atoms in total. The van der Waals surface area contributed by atoms with Crippen LogP contribution < -0.4 is 5.73 Å². The summed E-state index contributed by atoms with van der Waals surface area (Å²) in [7, 11) is 0. The van der Waals surface area contributed by atoms with E-state index in [9.17, 15) is 0 Å². The molecule has 0 spiro atoms. The van der Waals surface area contributed by atoms with E-state index in [0.717, 1.165) is 12.0 Å². The molecular weight excluding hydrogens is 301 g/mol. The van der Waals surface area contributed by atoms with Crippen molar-refractivity contribution in [3.63, 3.8) is 0 Å². The van der Waals surface area contributed by atoms with Gasteiger partial charge in [0.25, 0.3) is 0 Å². The summed E-state index contributed by atoms with van der Waals surface area (Å²) < 4.78 is 0. The average molecular weight is 322 g/mol. The van der Waals surface area contributed by atoms with Gasteiger partial charge in [-0.15, -0.1) is 0 Å². The summed E-state index contributed by atoms with van der Waals surface area (Å²) in [6, 6.07) is 9.99. The Bertz CT molecular complexity index is 606. The van der Waals surface area contributed by atoms with Crippen LogP contribution in [0.25, 0.3) is 0 Å². The van der Waals surface area contributed by atoms with Gasteiger partial charge in [0, 0.05) is 16.1 Å². The number of hydrogen-bond acceptors (Lipinski definition) is 1. The van der Waals surface area contributed by atoms with Crippen LogP contribution in [-0.4, -0.2) is 6.04 Å². The third-order valence-electron chi connectivity index (χ3n) is 3.83. The van der Waals surface area contributed by atoms with Crippen molar-refractivity contribution in [1.82, 2.24) is 0 Å². The third kappa shape index (κ3) is 4.00. The number of halogens is 2. The highest BCUT2D eigenvalue weighted by Crippen LogP contribution is 2.26. The normalized spacial score (nSPS) is 12.5. The molecule has 21 heavy (non-hydrogen) atoms. The minimum absolute atomic E-state index is 0.00232. The first kappa shape index (κ1) is 16.4. The van der Waals surface area contributed by atoms with Crippen LogP contribution in [0.2, 0.25) is 10.0 Å². The molecule has 0 radical (unpaired) electrons. The molecule has 0 aliphatic heterocycles. The topological polar surface area (TPSA) is 26.0 Å². The van der Waals surface area contributed by atoms with Gasteiger partial charge in [0.15, 0.2) is 0 Å². The fraction of sp³-hybridized carbons (Fsp3) is 0.333. The maximum atomic E-state index is 6.33. The highest BCUT2D eigenvalue weighted by Gasteiger charge is 2.13. The largest absolute Gasteiger partial charge is 0.327 e. The molecule has 0 fully saturated rings. The highest BCUT2D eigenvalue weighted by atomic mass is 35.5. The molecular formula is C18H21Cl2N. The van der Waals surface area contributed by atoms with Crippen molar-refractivity contribution in [2.75, 3.05) is 0 Å². The van der Waals surface area contributed by atoms with Crippen molar-refractivity contribution in [3.05, 3.63) is 68.2 Å². The molecule has 2 N–H and O–H groups in total. The predicted octanol–water partition coefficient (Wildman–Crippen LogP) is 5.03. The Labute approximate surface area is 137 Å². The van der Waals surface area contributed by atoms with Crippen LogP contribution in [0.15, 0.2) is 30.3 Å². The molecule has 0 aliphatic rings. The summed E-state index contributed by atoms with van der Waals surface area (Å²) >= 11 is 12.4. The Kier molecular flexibility index (Phi) is 5.32. The number of nitrogens with two attached hydrogens (primary N) is 1. The number of benzene rings is 2. The van der Waals surface area contributed by atoms with E-state index in [1.165, 1.54) is 22.3 Å². The van der Waals surface area contributed by atoms with Gasteiger partial charge in [0.2, 0.25) is 0 Å². The summed E-state index contributed by atoms with van der Waals surface area (Å²) in [5.74, 6) is 0. The monoisotopic (exact) mass is 321 g/mol. The van der Waals surface area contributed by atoms with Crippen molar-refractivity contribution >= 4 is 23.2 Å². The van der Waals surface area contributed by atoms with E-state index in [0.29, 0.717) is 16.5 Å². The second-order valence-corrected chi connectivity index (χ2v) is 6.56. The fourth-order valence-electron chi connectivity index (χ4n) is 2.86. The van der Waals surface area contributed by atoms with Crippen LogP contribution in [-0.2, 0) is 12.8 Å². The Morgan fingerprint density at radius 3 is 1.90 bits per heavy atom. The van der Waals surface area contributed by atoms with Gasteiger partial charge in [0.1, 0.15) is 0 Å². The van der Waals surface area contributed by atoms with Crippen molar-refractivity contribution in [2.24, 2.45) is 5.73 Å². The Morgan fingerprint density at radius 1 is 0.905 bits per heavy atom. The number of rotatable bonds is 4. The van der Waals surface area contributed by atoms with Gasteiger partial charge in [-0.25, -0.2) is 0 Å². The Balaban J connectivity index is 2.18. The van der Waals surface area contributed by atoms with E-state index < -0.39 is 0 Å². The van der Waals surface area contributed by atoms with Crippen LogP contribution in [0, 0.1) is 20.8 Å². The van der Waals surface area contributed by atoms with E-state index in [4.69, 9.17) is 28.9 Å². The van der Waals surface area contributed by atoms with Crippen molar-refractivity contribution in [3.8, 4) is 0 Å². The standard InChI is InChI=1S/C18H21Cl2N/c1-11-7-12(2)15(13(3)8-11)9-14(21)10-16-17(19)5-4-6-18(16)20/h4-8,14H,9-10,21H2,1-3H3. The van der Waals surface area contributed by atoms with Crippen molar-refractivity contribution < 1.29 is 0 Å². The second kappa shape index (κ2) is 6.83. The highest BCUT2D eigenvalue weighted by molar-refractivity contribution is 6.36. The maximum Gasteiger partial charge on any atom is 0.0453 e. The molecule has 0 saturated heterocycles. The molecule has 112 valence electrons. The summed E-state index contributed by atoms with van der Waals surface area (Å²) in [6.07, 6.45) is 1.52. The summed E-state index contributed by atoms with van der Waals surface area (Å²) in [4.78, 5) is 0. The van der Waals surface area contributed by atoms with Crippen LogP contribution in [0.5, 0.6) is 0 Å². The first-order valence-electron chi connectivity index (χ1n) is 7.13. The second-order valence-electron chi connectivity index (χ2n) is 5.75.